The van der Waals surface area contributed by atoms with E-state index in [4.69, 9.17) is 4.74 Å². The van der Waals surface area contributed by atoms with Crippen LogP contribution in [0.5, 0.6) is 0 Å². The van der Waals surface area contributed by atoms with Crippen molar-refractivity contribution in [2.24, 2.45) is 0 Å². The number of amides is 2. The molecule has 0 spiro atoms. The zero-order chi connectivity index (χ0) is 18.5. The first-order valence-electron chi connectivity index (χ1n) is 8.57. The highest BCUT2D eigenvalue weighted by molar-refractivity contribution is 6.05. The van der Waals surface area contributed by atoms with E-state index in [-0.39, 0.29) is 11.8 Å². The number of esters is 1. The van der Waals surface area contributed by atoms with Gasteiger partial charge in [-0.05, 0) is 61.9 Å². The SMILES string of the molecule is CCOC(=O)c1ccc(NC(=O)c2ccc(N3CCCC3=O)cc2)cc1. The summed E-state index contributed by atoms with van der Waals surface area (Å²) in [5, 5.41) is 2.78. The molecule has 0 bridgehead atoms. The normalized spacial score (nSPS) is 13.6. The van der Waals surface area contributed by atoms with Crippen molar-refractivity contribution in [1.29, 1.82) is 0 Å². The third kappa shape index (κ3) is 3.91. The molecule has 6 heteroatoms. The van der Waals surface area contributed by atoms with E-state index in [1.165, 1.54) is 0 Å². The van der Waals surface area contributed by atoms with E-state index in [9.17, 15) is 14.4 Å². The van der Waals surface area contributed by atoms with Gasteiger partial charge in [0.15, 0.2) is 0 Å². The molecule has 0 atom stereocenters. The first kappa shape index (κ1) is 17.7. The number of carbonyl (C=O) groups excluding carboxylic acids is 3. The van der Waals surface area contributed by atoms with E-state index in [1.807, 2.05) is 0 Å². The molecule has 1 fully saturated rings. The fraction of sp³-hybridized carbons (Fsp3) is 0.250. The number of carbonyl (C=O) groups is 3. The van der Waals surface area contributed by atoms with E-state index in [1.54, 1.807) is 60.4 Å². The van der Waals surface area contributed by atoms with Gasteiger partial charge in [0.1, 0.15) is 0 Å². The highest BCUT2D eigenvalue weighted by Gasteiger charge is 2.21. The molecule has 0 unspecified atom stereocenters. The second kappa shape index (κ2) is 7.82. The van der Waals surface area contributed by atoms with Crippen molar-refractivity contribution in [3.05, 3.63) is 59.7 Å². The van der Waals surface area contributed by atoms with Gasteiger partial charge in [-0.15, -0.1) is 0 Å². The maximum absolute atomic E-state index is 12.3. The van der Waals surface area contributed by atoms with Gasteiger partial charge < -0.3 is 15.0 Å². The lowest BCUT2D eigenvalue weighted by atomic mass is 10.1. The molecule has 0 saturated carbocycles. The van der Waals surface area contributed by atoms with Crippen molar-refractivity contribution >= 4 is 29.2 Å². The van der Waals surface area contributed by atoms with Crippen LogP contribution >= 0.6 is 0 Å². The minimum Gasteiger partial charge on any atom is -0.462 e. The molecule has 0 aromatic heterocycles. The Bertz CT molecular complexity index is 813. The molecule has 1 aliphatic heterocycles. The van der Waals surface area contributed by atoms with Crippen molar-refractivity contribution in [1.82, 2.24) is 0 Å². The number of hydrogen-bond donors (Lipinski definition) is 1. The molecule has 6 nitrogen and oxygen atoms in total. The van der Waals surface area contributed by atoms with Gasteiger partial charge in [-0.25, -0.2) is 4.79 Å². The molecule has 3 rings (SSSR count). The van der Waals surface area contributed by atoms with Crippen molar-refractivity contribution in [3.8, 4) is 0 Å². The van der Waals surface area contributed by atoms with Gasteiger partial charge in [-0.2, -0.15) is 0 Å². The van der Waals surface area contributed by atoms with Crippen LogP contribution in [-0.4, -0.2) is 30.9 Å². The molecule has 1 aliphatic rings. The Kier molecular flexibility index (Phi) is 5.31. The summed E-state index contributed by atoms with van der Waals surface area (Å²) < 4.78 is 4.92. The molecular formula is C20H20N2O4. The van der Waals surface area contributed by atoms with Crippen LogP contribution in [0.1, 0.15) is 40.5 Å². The highest BCUT2D eigenvalue weighted by atomic mass is 16.5. The molecule has 26 heavy (non-hydrogen) atoms. The highest BCUT2D eigenvalue weighted by Crippen LogP contribution is 2.22. The van der Waals surface area contributed by atoms with Gasteiger partial charge in [0.05, 0.1) is 12.2 Å². The topological polar surface area (TPSA) is 75.7 Å². The molecule has 0 radical (unpaired) electrons. The average molecular weight is 352 g/mol. The first-order chi connectivity index (χ1) is 12.6. The molecule has 134 valence electrons. The van der Waals surface area contributed by atoms with Gasteiger partial charge in [-0.1, -0.05) is 0 Å². The molecule has 1 N–H and O–H groups in total. The molecular weight excluding hydrogens is 332 g/mol. The lowest BCUT2D eigenvalue weighted by Gasteiger charge is -2.15. The third-order valence-electron chi connectivity index (χ3n) is 4.17. The predicted octanol–water partition coefficient (Wildman–Crippen LogP) is 3.24. The number of hydrogen-bond acceptors (Lipinski definition) is 4. The van der Waals surface area contributed by atoms with Gasteiger partial charge in [0.2, 0.25) is 5.91 Å². The zero-order valence-electron chi connectivity index (χ0n) is 14.5. The van der Waals surface area contributed by atoms with E-state index >= 15 is 0 Å². The number of anilines is 2. The van der Waals surface area contributed by atoms with E-state index < -0.39 is 5.97 Å². The predicted molar refractivity (Wildman–Crippen MR) is 98.4 cm³/mol. The van der Waals surface area contributed by atoms with Crippen LogP contribution in [0.25, 0.3) is 0 Å². The third-order valence-corrected chi connectivity index (χ3v) is 4.17. The largest absolute Gasteiger partial charge is 0.462 e. The first-order valence-corrected chi connectivity index (χ1v) is 8.57. The van der Waals surface area contributed by atoms with E-state index in [0.29, 0.717) is 29.8 Å². The maximum atomic E-state index is 12.3. The second-order valence-corrected chi connectivity index (χ2v) is 5.95. The Morgan fingerprint density at radius 2 is 1.69 bits per heavy atom. The fourth-order valence-corrected chi connectivity index (χ4v) is 2.82. The van der Waals surface area contributed by atoms with Gasteiger partial charge in [0, 0.05) is 29.9 Å². The Morgan fingerprint density at radius 3 is 2.27 bits per heavy atom. The maximum Gasteiger partial charge on any atom is 0.338 e. The molecule has 0 aliphatic carbocycles. The van der Waals surface area contributed by atoms with Crippen molar-refractivity contribution < 1.29 is 19.1 Å². The van der Waals surface area contributed by atoms with Crippen LogP contribution in [0.4, 0.5) is 11.4 Å². The van der Waals surface area contributed by atoms with Crippen LogP contribution in [0.2, 0.25) is 0 Å². The van der Waals surface area contributed by atoms with Gasteiger partial charge in [-0.3, -0.25) is 9.59 Å². The number of rotatable bonds is 5. The number of ether oxygens (including phenoxy) is 1. The van der Waals surface area contributed by atoms with Crippen molar-refractivity contribution in [2.75, 3.05) is 23.4 Å². The summed E-state index contributed by atoms with van der Waals surface area (Å²) >= 11 is 0. The Labute approximate surface area is 151 Å². The summed E-state index contributed by atoms with van der Waals surface area (Å²) in [6.07, 6.45) is 1.44. The van der Waals surface area contributed by atoms with E-state index in [2.05, 4.69) is 5.32 Å². The lowest BCUT2D eigenvalue weighted by molar-refractivity contribution is -0.117. The van der Waals surface area contributed by atoms with Gasteiger partial charge in [0.25, 0.3) is 5.91 Å². The summed E-state index contributed by atoms with van der Waals surface area (Å²) in [4.78, 5) is 37.5. The molecule has 1 saturated heterocycles. The van der Waals surface area contributed by atoms with E-state index in [0.717, 1.165) is 18.7 Å². The van der Waals surface area contributed by atoms with Crippen LogP contribution in [-0.2, 0) is 9.53 Å². The summed E-state index contributed by atoms with van der Waals surface area (Å²) in [5.41, 5.74) is 2.32. The summed E-state index contributed by atoms with van der Waals surface area (Å²) in [6, 6.07) is 13.5. The molecule has 2 amide bonds. The molecule has 2 aromatic rings. The lowest BCUT2D eigenvalue weighted by Crippen LogP contribution is -2.23. The molecule has 1 heterocycles. The quantitative estimate of drug-likeness (QED) is 0.838. The minimum atomic E-state index is -0.391. The van der Waals surface area contributed by atoms with Gasteiger partial charge >= 0.3 is 5.97 Å². The van der Waals surface area contributed by atoms with Crippen LogP contribution in [0.3, 0.4) is 0 Å². The summed E-state index contributed by atoms with van der Waals surface area (Å²) in [6.45, 7) is 2.78. The Morgan fingerprint density at radius 1 is 1.04 bits per heavy atom. The van der Waals surface area contributed by atoms with Crippen LogP contribution in [0.15, 0.2) is 48.5 Å². The van der Waals surface area contributed by atoms with Crippen molar-refractivity contribution in [2.45, 2.75) is 19.8 Å². The standard InChI is InChI=1S/C20H20N2O4/c1-2-26-20(25)15-5-9-16(10-6-15)21-19(24)14-7-11-17(12-8-14)22-13-3-4-18(22)23/h5-12H,2-4,13H2,1H3,(H,21,24). The summed E-state index contributed by atoms with van der Waals surface area (Å²) in [5.74, 6) is -0.533. The number of nitrogens with zero attached hydrogens (tertiary/aromatic N) is 1. The second-order valence-electron chi connectivity index (χ2n) is 5.95. The number of benzene rings is 2. The smallest absolute Gasteiger partial charge is 0.338 e. The zero-order valence-corrected chi connectivity index (χ0v) is 14.5. The fourth-order valence-electron chi connectivity index (χ4n) is 2.82. The van der Waals surface area contributed by atoms with Crippen LogP contribution < -0.4 is 10.2 Å². The van der Waals surface area contributed by atoms with Crippen molar-refractivity contribution in [3.63, 3.8) is 0 Å². The Hall–Kier alpha value is -3.15. The minimum absolute atomic E-state index is 0.115. The monoisotopic (exact) mass is 352 g/mol. The van der Waals surface area contributed by atoms with Crippen LogP contribution in [0, 0.1) is 0 Å². The summed E-state index contributed by atoms with van der Waals surface area (Å²) in [7, 11) is 0. The Balaban J connectivity index is 1.64. The number of nitrogens with one attached hydrogen (secondary N) is 1. The molecule has 2 aromatic carbocycles. The average Bonchev–Trinajstić information content (AvgIpc) is 3.08.